The molecular weight excluding hydrogens is 337 g/mol. The molecule has 1 aromatic rings. The van der Waals surface area contributed by atoms with Crippen LogP contribution < -0.4 is 5.32 Å². The fraction of sp³-hybridized carbons (Fsp3) is 0.529. The Hall–Kier alpha value is -2.09. The molecule has 0 spiro atoms. The van der Waals surface area contributed by atoms with Crippen molar-refractivity contribution < 1.29 is 27.4 Å². The van der Waals surface area contributed by atoms with Gasteiger partial charge >= 0.3 is 6.18 Å². The number of rotatable bonds is 4. The van der Waals surface area contributed by atoms with Crippen molar-refractivity contribution in [1.29, 1.82) is 0 Å². The average molecular weight is 358 g/mol. The zero-order chi connectivity index (χ0) is 18.4. The Morgan fingerprint density at radius 2 is 2.20 bits per heavy atom. The van der Waals surface area contributed by atoms with E-state index in [4.69, 9.17) is 9.47 Å². The zero-order valence-corrected chi connectivity index (χ0v) is 14.1. The van der Waals surface area contributed by atoms with E-state index in [9.17, 15) is 18.0 Å². The van der Waals surface area contributed by atoms with Gasteiger partial charge in [0.2, 0.25) is 0 Å². The summed E-state index contributed by atoms with van der Waals surface area (Å²) in [4.78, 5) is 16.4. The van der Waals surface area contributed by atoms with Crippen molar-refractivity contribution >= 4 is 11.9 Å². The second-order valence-electron chi connectivity index (χ2n) is 5.98. The normalized spacial score (nSPS) is 18.5. The van der Waals surface area contributed by atoms with Gasteiger partial charge in [0.25, 0.3) is 11.9 Å². The fourth-order valence-corrected chi connectivity index (χ4v) is 2.31. The van der Waals surface area contributed by atoms with Crippen LogP contribution in [0.2, 0.25) is 0 Å². The number of nitrogens with one attached hydrogen (secondary N) is 1. The molecule has 1 aliphatic rings. The Morgan fingerprint density at radius 3 is 2.80 bits per heavy atom. The standard InChI is InChI=1S/C17H21F3N2O3/c1-11(2)25-16(21-10-14-7-4-8-24-14)22-15(23)12-5-3-6-13(9-12)17(18,19)20/h3,5-6,9,11,14H,4,7-8,10H2,1-2H3,(H,21,22,23)/t14-/m0/s1. The summed E-state index contributed by atoms with van der Waals surface area (Å²) in [6.45, 7) is 4.53. The third kappa shape index (κ3) is 6.04. The summed E-state index contributed by atoms with van der Waals surface area (Å²) in [5, 5.41) is 2.43. The van der Waals surface area contributed by atoms with Crippen LogP contribution in [-0.4, -0.2) is 37.3 Å². The molecule has 5 nitrogen and oxygen atoms in total. The van der Waals surface area contributed by atoms with Crippen LogP contribution in [0, 0.1) is 0 Å². The molecule has 0 saturated carbocycles. The number of carbonyl (C=O) groups is 1. The van der Waals surface area contributed by atoms with Crippen molar-refractivity contribution in [3.8, 4) is 0 Å². The Labute approximate surface area is 144 Å². The van der Waals surface area contributed by atoms with Crippen molar-refractivity contribution in [2.75, 3.05) is 13.2 Å². The molecule has 1 amide bonds. The van der Waals surface area contributed by atoms with E-state index in [1.807, 2.05) is 0 Å². The number of amidine groups is 1. The van der Waals surface area contributed by atoms with Gasteiger partial charge in [0.15, 0.2) is 0 Å². The summed E-state index contributed by atoms with van der Waals surface area (Å²) in [7, 11) is 0. The highest BCUT2D eigenvalue weighted by Crippen LogP contribution is 2.29. The van der Waals surface area contributed by atoms with Crippen molar-refractivity contribution in [2.45, 2.75) is 45.1 Å². The number of carbonyl (C=O) groups excluding carboxylic acids is 1. The lowest BCUT2D eigenvalue weighted by atomic mass is 10.1. The van der Waals surface area contributed by atoms with Crippen LogP contribution in [0.1, 0.15) is 42.6 Å². The van der Waals surface area contributed by atoms with Crippen molar-refractivity contribution in [2.24, 2.45) is 4.99 Å². The van der Waals surface area contributed by atoms with Gasteiger partial charge in [0.05, 0.1) is 24.3 Å². The molecule has 138 valence electrons. The maximum Gasteiger partial charge on any atom is 0.416 e. The SMILES string of the molecule is CC(C)OC(=NC[C@@H]1CCCO1)NC(=O)c1cccc(C(F)(F)F)c1. The molecule has 0 radical (unpaired) electrons. The topological polar surface area (TPSA) is 59.9 Å². The molecule has 1 fully saturated rings. The first-order valence-corrected chi connectivity index (χ1v) is 8.07. The molecule has 0 aliphatic carbocycles. The maximum atomic E-state index is 12.8. The maximum absolute atomic E-state index is 12.8. The van der Waals surface area contributed by atoms with Crippen molar-refractivity contribution in [3.05, 3.63) is 35.4 Å². The number of nitrogens with zero attached hydrogens (tertiary/aromatic N) is 1. The Morgan fingerprint density at radius 1 is 1.44 bits per heavy atom. The molecule has 1 saturated heterocycles. The fourth-order valence-electron chi connectivity index (χ4n) is 2.31. The van der Waals surface area contributed by atoms with Crippen LogP contribution in [0.4, 0.5) is 13.2 Å². The van der Waals surface area contributed by atoms with E-state index in [1.165, 1.54) is 12.1 Å². The molecule has 0 aromatic heterocycles. The predicted octanol–water partition coefficient (Wildman–Crippen LogP) is 3.40. The largest absolute Gasteiger partial charge is 0.462 e. The molecule has 2 rings (SSSR count). The highest BCUT2D eigenvalue weighted by atomic mass is 19.4. The van der Waals surface area contributed by atoms with Gasteiger partial charge < -0.3 is 9.47 Å². The third-order valence-electron chi connectivity index (χ3n) is 3.48. The first-order chi connectivity index (χ1) is 11.8. The third-order valence-corrected chi connectivity index (χ3v) is 3.48. The van der Waals surface area contributed by atoms with Gasteiger partial charge in [-0.1, -0.05) is 6.07 Å². The molecular formula is C17H21F3N2O3. The molecule has 1 N–H and O–H groups in total. The van der Waals surface area contributed by atoms with Crippen molar-refractivity contribution in [1.82, 2.24) is 5.32 Å². The second-order valence-corrected chi connectivity index (χ2v) is 5.98. The van der Waals surface area contributed by atoms with E-state index in [1.54, 1.807) is 13.8 Å². The van der Waals surface area contributed by atoms with Gasteiger partial charge in [0, 0.05) is 12.2 Å². The lowest BCUT2D eigenvalue weighted by Gasteiger charge is -2.15. The number of alkyl halides is 3. The Kier molecular flexibility index (Phi) is 6.41. The summed E-state index contributed by atoms with van der Waals surface area (Å²) in [5.41, 5.74) is -1.00. The Balaban J connectivity index is 2.09. The van der Waals surface area contributed by atoms with Gasteiger partial charge in [-0.2, -0.15) is 13.2 Å². The van der Waals surface area contributed by atoms with E-state index in [2.05, 4.69) is 10.3 Å². The van der Waals surface area contributed by atoms with Crippen molar-refractivity contribution in [3.63, 3.8) is 0 Å². The number of hydrogen-bond donors (Lipinski definition) is 1. The Bertz CT molecular complexity index is 624. The smallest absolute Gasteiger partial charge is 0.416 e. The first-order valence-electron chi connectivity index (χ1n) is 8.07. The van der Waals surface area contributed by atoms with Gasteiger partial charge in [-0.15, -0.1) is 0 Å². The van der Waals surface area contributed by atoms with E-state index >= 15 is 0 Å². The summed E-state index contributed by atoms with van der Waals surface area (Å²) >= 11 is 0. The number of aliphatic imine (C=N–C) groups is 1. The molecule has 8 heteroatoms. The highest BCUT2D eigenvalue weighted by molar-refractivity contribution is 6.04. The lowest BCUT2D eigenvalue weighted by Crippen LogP contribution is -2.35. The number of halogens is 3. The summed E-state index contributed by atoms with van der Waals surface area (Å²) in [5.74, 6) is -0.710. The first kappa shape index (κ1) is 19.2. The number of ether oxygens (including phenoxy) is 2. The van der Waals surface area contributed by atoms with Crippen LogP contribution in [0.5, 0.6) is 0 Å². The number of benzene rings is 1. The van der Waals surface area contributed by atoms with Crippen LogP contribution in [0.25, 0.3) is 0 Å². The van der Waals surface area contributed by atoms with E-state index in [0.29, 0.717) is 13.2 Å². The minimum Gasteiger partial charge on any atom is -0.462 e. The lowest BCUT2D eigenvalue weighted by molar-refractivity contribution is -0.137. The molecule has 1 aromatic carbocycles. The average Bonchev–Trinajstić information content (AvgIpc) is 3.05. The van der Waals surface area contributed by atoms with Crippen LogP contribution in [0.15, 0.2) is 29.3 Å². The van der Waals surface area contributed by atoms with Crippen LogP contribution >= 0.6 is 0 Å². The van der Waals surface area contributed by atoms with Gasteiger partial charge in [-0.25, -0.2) is 4.99 Å². The van der Waals surface area contributed by atoms with E-state index in [-0.39, 0.29) is 23.8 Å². The minimum absolute atomic E-state index is 0.0205. The summed E-state index contributed by atoms with van der Waals surface area (Å²) in [6, 6.07) is 4.17. The van der Waals surface area contributed by atoms with Crippen LogP contribution in [0.3, 0.4) is 0 Å². The molecule has 1 atom stereocenters. The van der Waals surface area contributed by atoms with Gasteiger partial charge in [-0.3, -0.25) is 10.1 Å². The highest BCUT2D eigenvalue weighted by Gasteiger charge is 2.31. The zero-order valence-electron chi connectivity index (χ0n) is 14.1. The summed E-state index contributed by atoms with van der Waals surface area (Å²) < 4.78 is 49.2. The van der Waals surface area contributed by atoms with Gasteiger partial charge in [-0.05, 0) is 44.9 Å². The van der Waals surface area contributed by atoms with E-state index in [0.717, 1.165) is 25.0 Å². The van der Waals surface area contributed by atoms with E-state index < -0.39 is 17.6 Å². The summed E-state index contributed by atoms with van der Waals surface area (Å²) in [6.07, 6.45) is -2.96. The van der Waals surface area contributed by atoms with Gasteiger partial charge in [0.1, 0.15) is 0 Å². The molecule has 0 unspecified atom stereocenters. The molecule has 25 heavy (non-hydrogen) atoms. The molecule has 0 bridgehead atoms. The minimum atomic E-state index is -4.51. The monoisotopic (exact) mass is 358 g/mol. The number of amides is 1. The molecule has 1 heterocycles. The quantitative estimate of drug-likeness (QED) is 0.663. The second kappa shape index (κ2) is 8.33. The van der Waals surface area contributed by atoms with Crippen LogP contribution in [-0.2, 0) is 15.7 Å². The molecule has 1 aliphatic heterocycles. The number of hydrogen-bond acceptors (Lipinski definition) is 4. The predicted molar refractivity (Wildman–Crippen MR) is 86.4 cm³/mol.